The van der Waals surface area contributed by atoms with Crippen LogP contribution in [0.15, 0.2) is 23.1 Å². The minimum atomic E-state index is -3.83. The first-order valence-electron chi connectivity index (χ1n) is 6.46. The molecule has 1 atom stereocenters. The van der Waals surface area contributed by atoms with E-state index in [1.165, 1.54) is 0 Å². The van der Waals surface area contributed by atoms with E-state index >= 15 is 0 Å². The first-order valence-corrected chi connectivity index (χ1v) is 7.94. The van der Waals surface area contributed by atoms with Gasteiger partial charge in [0, 0.05) is 0 Å². The Hall–Kier alpha value is -1.40. The summed E-state index contributed by atoms with van der Waals surface area (Å²) >= 11 is 0. The Morgan fingerprint density at radius 3 is 2.40 bits per heavy atom. The van der Waals surface area contributed by atoms with Crippen molar-refractivity contribution in [3.63, 3.8) is 0 Å². The lowest BCUT2D eigenvalue weighted by molar-refractivity contribution is -0.139. The van der Waals surface area contributed by atoms with Crippen LogP contribution < -0.4 is 4.72 Å². The van der Waals surface area contributed by atoms with Crippen LogP contribution in [0.5, 0.6) is 0 Å². The molecular weight excluding hydrogens is 278 g/mol. The molecule has 0 aliphatic rings. The fourth-order valence-electron chi connectivity index (χ4n) is 1.92. The molecule has 1 rings (SSSR count). The fraction of sp³-hybridized carbons (Fsp3) is 0.500. The maximum Gasteiger partial charge on any atom is 0.321 e. The molecule has 0 aromatic heterocycles. The smallest absolute Gasteiger partial charge is 0.321 e. The molecule has 0 radical (unpaired) electrons. The summed E-state index contributed by atoms with van der Waals surface area (Å²) in [6, 6.07) is 3.96. The number of aliphatic carboxylic acids is 1. The van der Waals surface area contributed by atoms with Gasteiger partial charge in [-0.05, 0) is 43.4 Å². The monoisotopic (exact) mass is 299 g/mol. The van der Waals surface area contributed by atoms with E-state index in [9.17, 15) is 13.2 Å². The minimum absolute atomic E-state index is 0.0809. The molecule has 0 heterocycles. The summed E-state index contributed by atoms with van der Waals surface area (Å²) in [4.78, 5) is 11.3. The zero-order valence-electron chi connectivity index (χ0n) is 12.2. The third-order valence-corrected chi connectivity index (χ3v) is 4.55. The summed E-state index contributed by atoms with van der Waals surface area (Å²) in [5.41, 5.74) is 1.41. The molecule has 0 saturated heterocycles. The van der Waals surface area contributed by atoms with Crippen LogP contribution in [0, 0.1) is 19.8 Å². The van der Waals surface area contributed by atoms with Gasteiger partial charge in [0.1, 0.15) is 6.04 Å². The maximum absolute atomic E-state index is 12.3. The second-order valence-electron chi connectivity index (χ2n) is 5.41. The SMILES string of the molecule is Cc1ccc(C)c(S(=O)(=O)N[C@@H](CC(C)C)C(=O)O)c1. The highest BCUT2D eigenvalue weighted by molar-refractivity contribution is 7.89. The number of hydrogen-bond donors (Lipinski definition) is 2. The summed E-state index contributed by atoms with van der Waals surface area (Å²) < 4.78 is 26.9. The van der Waals surface area contributed by atoms with Crippen molar-refractivity contribution in [3.8, 4) is 0 Å². The molecule has 20 heavy (non-hydrogen) atoms. The van der Waals surface area contributed by atoms with E-state index in [1.807, 2.05) is 19.9 Å². The van der Waals surface area contributed by atoms with Crippen LogP contribution in [0.1, 0.15) is 31.4 Å². The average Bonchev–Trinajstić information content (AvgIpc) is 2.30. The summed E-state index contributed by atoms with van der Waals surface area (Å²) in [6.45, 7) is 7.18. The first-order chi connectivity index (χ1) is 9.13. The molecule has 112 valence electrons. The van der Waals surface area contributed by atoms with Crippen LogP contribution in [0.4, 0.5) is 0 Å². The Balaban J connectivity index is 3.09. The Morgan fingerprint density at radius 2 is 1.90 bits per heavy atom. The number of rotatable bonds is 6. The first kappa shape index (κ1) is 16.7. The molecule has 0 aliphatic carbocycles. The van der Waals surface area contributed by atoms with Gasteiger partial charge >= 0.3 is 5.97 Å². The van der Waals surface area contributed by atoms with Gasteiger partial charge < -0.3 is 5.11 Å². The van der Waals surface area contributed by atoms with E-state index in [0.29, 0.717) is 5.56 Å². The van der Waals surface area contributed by atoms with Gasteiger partial charge in [-0.25, -0.2) is 8.42 Å². The highest BCUT2D eigenvalue weighted by Crippen LogP contribution is 2.18. The number of hydrogen-bond acceptors (Lipinski definition) is 3. The molecule has 0 amide bonds. The van der Waals surface area contributed by atoms with Gasteiger partial charge in [0.25, 0.3) is 0 Å². The Kier molecular flexibility index (Phi) is 5.30. The second kappa shape index (κ2) is 6.37. The number of carboxylic acid groups (broad SMARTS) is 1. The van der Waals surface area contributed by atoms with Crippen LogP contribution in [0.25, 0.3) is 0 Å². The molecule has 0 saturated carbocycles. The lowest BCUT2D eigenvalue weighted by atomic mass is 10.1. The van der Waals surface area contributed by atoms with Crippen molar-refractivity contribution >= 4 is 16.0 Å². The van der Waals surface area contributed by atoms with Gasteiger partial charge in [0.2, 0.25) is 10.0 Å². The molecule has 6 heteroatoms. The highest BCUT2D eigenvalue weighted by Gasteiger charge is 2.27. The number of carbonyl (C=O) groups is 1. The van der Waals surface area contributed by atoms with E-state index < -0.39 is 22.0 Å². The van der Waals surface area contributed by atoms with E-state index in [0.717, 1.165) is 5.56 Å². The van der Waals surface area contributed by atoms with E-state index in [1.54, 1.807) is 26.0 Å². The van der Waals surface area contributed by atoms with Crippen molar-refractivity contribution in [2.24, 2.45) is 5.92 Å². The topological polar surface area (TPSA) is 83.5 Å². The molecule has 0 fully saturated rings. The van der Waals surface area contributed by atoms with Crippen LogP contribution >= 0.6 is 0 Å². The van der Waals surface area contributed by atoms with Crippen molar-refractivity contribution in [2.45, 2.75) is 45.1 Å². The Labute approximate surface area is 120 Å². The van der Waals surface area contributed by atoms with Gasteiger partial charge in [0.15, 0.2) is 0 Å². The molecule has 1 aromatic rings. The largest absolute Gasteiger partial charge is 0.480 e. The van der Waals surface area contributed by atoms with E-state index in [-0.39, 0.29) is 17.2 Å². The van der Waals surface area contributed by atoms with Crippen LogP contribution in [-0.2, 0) is 14.8 Å². The van der Waals surface area contributed by atoms with Gasteiger partial charge in [-0.1, -0.05) is 26.0 Å². The predicted molar refractivity (Wildman–Crippen MR) is 77.1 cm³/mol. The number of nitrogens with one attached hydrogen (secondary N) is 1. The molecule has 1 aromatic carbocycles. The van der Waals surface area contributed by atoms with E-state index in [4.69, 9.17) is 5.11 Å². The molecule has 0 aliphatic heterocycles. The molecule has 0 spiro atoms. The average molecular weight is 299 g/mol. The maximum atomic E-state index is 12.3. The second-order valence-corrected chi connectivity index (χ2v) is 7.09. The zero-order chi connectivity index (χ0) is 15.5. The van der Waals surface area contributed by atoms with Gasteiger partial charge in [-0.15, -0.1) is 0 Å². The minimum Gasteiger partial charge on any atom is -0.480 e. The van der Waals surface area contributed by atoms with Crippen molar-refractivity contribution in [3.05, 3.63) is 29.3 Å². The van der Waals surface area contributed by atoms with Crippen molar-refractivity contribution in [2.75, 3.05) is 0 Å². The zero-order valence-corrected chi connectivity index (χ0v) is 13.0. The van der Waals surface area contributed by atoms with Crippen LogP contribution in [-0.4, -0.2) is 25.5 Å². The fourth-order valence-corrected chi connectivity index (χ4v) is 3.45. The Morgan fingerprint density at radius 1 is 1.30 bits per heavy atom. The van der Waals surface area contributed by atoms with Gasteiger partial charge in [-0.3, -0.25) is 4.79 Å². The summed E-state index contributed by atoms with van der Waals surface area (Å²) in [7, 11) is -3.83. The molecular formula is C14H21NO4S. The van der Waals surface area contributed by atoms with Crippen molar-refractivity contribution < 1.29 is 18.3 Å². The van der Waals surface area contributed by atoms with Crippen LogP contribution in [0.2, 0.25) is 0 Å². The van der Waals surface area contributed by atoms with E-state index in [2.05, 4.69) is 4.72 Å². The van der Waals surface area contributed by atoms with Crippen molar-refractivity contribution in [1.82, 2.24) is 4.72 Å². The third-order valence-electron chi connectivity index (χ3n) is 2.94. The predicted octanol–water partition coefficient (Wildman–Crippen LogP) is 2.08. The highest BCUT2D eigenvalue weighted by atomic mass is 32.2. The van der Waals surface area contributed by atoms with Gasteiger partial charge in [0.05, 0.1) is 4.90 Å². The molecule has 0 unspecified atom stereocenters. The lowest BCUT2D eigenvalue weighted by Gasteiger charge is -2.17. The summed E-state index contributed by atoms with van der Waals surface area (Å²) in [5.74, 6) is -1.08. The number of benzene rings is 1. The van der Waals surface area contributed by atoms with Crippen molar-refractivity contribution in [1.29, 1.82) is 0 Å². The third kappa shape index (κ3) is 4.31. The number of sulfonamides is 1. The van der Waals surface area contributed by atoms with Gasteiger partial charge in [-0.2, -0.15) is 4.72 Å². The molecule has 0 bridgehead atoms. The summed E-state index contributed by atoms with van der Waals surface area (Å²) in [6.07, 6.45) is 0.249. The lowest BCUT2D eigenvalue weighted by Crippen LogP contribution is -2.41. The number of carboxylic acids is 1. The normalized spacial score (nSPS) is 13.4. The van der Waals surface area contributed by atoms with Crippen LogP contribution in [0.3, 0.4) is 0 Å². The Bertz CT molecular complexity index is 593. The standard InChI is InChI=1S/C14H21NO4S/c1-9(2)7-12(14(16)17)15-20(18,19)13-8-10(3)5-6-11(13)4/h5-6,8-9,12,15H,7H2,1-4H3,(H,16,17)/t12-/m0/s1. The summed E-state index contributed by atoms with van der Waals surface area (Å²) in [5, 5.41) is 9.13. The quantitative estimate of drug-likeness (QED) is 0.842. The molecule has 5 nitrogen and oxygen atoms in total. The molecule has 2 N–H and O–H groups in total. The number of aryl methyl sites for hydroxylation is 2.